The molecule has 1 aromatic rings. The van der Waals surface area contributed by atoms with Gasteiger partial charge >= 0.3 is 0 Å². The molecule has 21 heavy (non-hydrogen) atoms. The number of thioether (sulfide) groups is 1. The monoisotopic (exact) mass is 311 g/mol. The van der Waals surface area contributed by atoms with Gasteiger partial charge in [0, 0.05) is 36.0 Å². The minimum atomic E-state index is -0.955. The van der Waals surface area contributed by atoms with Crippen LogP contribution in [0.1, 0.15) is 12.0 Å². The van der Waals surface area contributed by atoms with Gasteiger partial charge in [0.25, 0.3) is 5.69 Å². The number of non-ortho nitro benzene ring substituents is 1. The predicted molar refractivity (Wildman–Crippen MR) is 77.7 cm³/mol. The number of benzene rings is 1. The van der Waals surface area contributed by atoms with Crippen molar-refractivity contribution in [3.05, 3.63) is 39.7 Å². The normalized spacial score (nSPS) is 28.6. The summed E-state index contributed by atoms with van der Waals surface area (Å²) in [6, 6.07) is 3.52. The van der Waals surface area contributed by atoms with Gasteiger partial charge < -0.3 is 10.5 Å². The molecule has 1 fully saturated rings. The summed E-state index contributed by atoms with van der Waals surface area (Å²) in [6.45, 7) is 0.774. The maximum Gasteiger partial charge on any atom is 0.270 e. The molecule has 2 aliphatic rings. The molecule has 0 aliphatic carbocycles. The maximum atomic E-state index is 14.3. The third kappa shape index (κ3) is 2.38. The highest BCUT2D eigenvalue weighted by Crippen LogP contribution is 2.45. The number of fused-ring (bicyclic) bond motifs is 1. The van der Waals surface area contributed by atoms with Crippen molar-refractivity contribution in [3.63, 3.8) is 0 Å². The maximum absolute atomic E-state index is 14.3. The van der Waals surface area contributed by atoms with Crippen LogP contribution in [0.3, 0.4) is 0 Å². The van der Waals surface area contributed by atoms with Crippen LogP contribution in [0.4, 0.5) is 10.1 Å². The van der Waals surface area contributed by atoms with Gasteiger partial charge in [-0.25, -0.2) is 9.38 Å². The average Bonchev–Trinajstić information content (AvgIpc) is 2.47. The lowest BCUT2D eigenvalue weighted by Gasteiger charge is -2.43. The number of nitrogens with two attached hydrogens (primary N) is 1. The first-order valence-corrected chi connectivity index (χ1v) is 7.52. The predicted octanol–water partition coefficient (Wildman–Crippen LogP) is 2.03. The van der Waals surface area contributed by atoms with Gasteiger partial charge in [-0.15, -0.1) is 0 Å². The molecule has 0 amide bonds. The Morgan fingerprint density at radius 2 is 2.38 bits per heavy atom. The van der Waals surface area contributed by atoms with E-state index in [-0.39, 0.29) is 23.8 Å². The van der Waals surface area contributed by atoms with Crippen molar-refractivity contribution >= 4 is 22.6 Å². The van der Waals surface area contributed by atoms with Crippen LogP contribution in [0.25, 0.3) is 0 Å². The number of nitro benzene ring substituents is 1. The second kappa shape index (κ2) is 5.27. The van der Waals surface area contributed by atoms with Crippen molar-refractivity contribution in [3.8, 4) is 0 Å². The lowest BCUT2D eigenvalue weighted by atomic mass is 9.76. The van der Waals surface area contributed by atoms with Crippen LogP contribution in [0.2, 0.25) is 0 Å². The molecule has 3 rings (SSSR count). The van der Waals surface area contributed by atoms with Crippen molar-refractivity contribution in [2.24, 2.45) is 16.6 Å². The SMILES string of the molecule is NC1=NC2(c3cc([N+](=O)[O-])ccc3F)COCCC2CS1. The fraction of sp³-hybridized carbons (Fsp3) is 0.462. The molecule has 2 N–H and O–H groups in total. The fourth-order valence-corrected chi connectivity index (χ4v) is 3.93. The number of nitro groups is 1. The van der Waals surface area contributed by atoms with E-state index < -0.39 is 16.3 Å². The van der Waals surface area contributed by atoms with Gasteiger partial charge in [-0.05, 0) is 12.5 Å². The minimum Gasteiger partial charge on any atom is -0.379 e. The van der Waals surface area contributed by atoms with Crippen molar-refractivity contribution in [1.82, 2.24) is 0 Å². The summed E-state index contributed by atoms with van der Waals surface area (Å²) in [5.41, 5.74) is 4.90. The van der Waals surface area contributed by atoms with Crippen LogP contribution in [0.5, 0.6) is 0 Å². The number of halogens is 1. The lowest BCUT2D eigenvalue weighted by molar-refractivity contribution is -0.385. The molecular formula is C13H14FN3O3S. The number of hydrogen-bond donors (Lipinski definition) is 1. The summed E-state index contributed by atoms with van der Waals surface area (Å²) in [7, 11) is 0. The third-order valence-electron chi connectivity index (χ3n) is 3.98. The summed E-state index contributed by atoms with van der Waals surface area (Å²) in [5, 5.41) is 11.3. The highest BCUT2D eigenvalue weighted by Gasteiger charge is 2.47. The topological polar surface area (TPSA) is 90.8 Å². The largest absolute Gasteiger partial charge is 0.379 e. The van der Waals surface area contributed by atoms with Crippen LogP contribution < -0.4 is 5.73 Å². The zero-order chi connectivity index (χ0) is 15.0. The van der Waals surface area contributed by atoms with Crippen LogP contribution in [-0.4, -0.2) is 29.1 Å². The summed E-state index contributed by atoms with van der Waals surface area (Å²) < 4.78 is 19.8. The molecule has 2 atom stereocenters. The van der Waals surface area contributed by atoms with Crippen LogP contribution in [0.15, 0.2) is 23.2 Å². The van der Waals surface area contributed by atoms with Crippen molar-refractivity contribution in [2.45, 2.75) is 12.0 Å². The molecule has 112 valence electrons. The Labute approximate surface area is 124 Å². The van der Waals surface area contributed by atoms with Gasteiger partial charge in [0.05, 0.1) is 11.5 Å². The van der Waals surface area contributed by atoms with Crippen molar-refractivity contribution in [1.29, 1.82) is 0 Å². The van der Waals surface area contributed by atoms with E-state index in [1.807, 2.05) is 0 Å². The van der Waals surface area contributed by atoms with E-state index in [1.165, 1.54) is 17.8 Å². The molecule has 0 aromatic heterocycles. The first-order valence-electron chi connectivity index (χ1n) is 6.53. The molecule has 2 heterocycles. The van der Waals surface area contributed by atoms with Crippen molar-refractivity contribution in [2.75, 3.05) is 19.0 Å². The molecule has 0 spiro atoms. The Morgan fingerprint density at radius 1 is 1.57 bits per heavy atom. The molecule has 1 saturated heterocycles. The van der Waals surface area contributed by atoms with Crippen molar-refractivity contribution < 1.29 is 14.1 Å². The summed E-state index contributed by atoms with van der Waals surface area (Å²) in [4.78, 5) is 14.9. The average molecular weight is 311 g/mol. The standard InChI is InChI=1S/C13H14FN3O3S/c14-11-2-1-9(17(18)19)5-10(11)13-7-20-4-3-8(13)6-21-12(15)16-13/h1-2,5,8H,3-4,6-7H2,(H2,15,16). The van der Waals surface area contributed by atoms with E-state index in [4.69, 9.17) is 10.5 Å². The Morgan fingerprint density at radius 3 is 3.14 bits per heavy atom. The number of nitrogens with zero attached hydrogens (tertiary/aromatic N) is 2. The van der Waals surface area contributed by atoms with E-state index in [1.54, 1.807) is 0 Å². The number of rotatable bonds is 2. The van der Waals surface area contributed by atoms with Crippen LogP contribution in [-0.2, 0) is 10.3 Å². The van der Waals surface area contributed by atoms with E-state index in [9.17, 15) is 14.5 Å². The zero-order valence-electron chi connectivity index (χ0n) is 11.1. The molecule has 8 heteroatoms. The summed E-state index contributed by atoms with van der Waals surface area (Å²) in [5.74, 6) is 0.250. The minimum absolute atomic E-state index is 0.0556. The number of ether oxygens (including phenoxy) is 1. The lowest BCUT2D eigenvalue weighted by Crippen LogP contribution is -2.48. The third-order valence-corrected chi connectivity index (χ3v) is 4.93. The van der Waals surface area contributed by atoms with Gasteiger partial charge in [0.15, 0.2) is 5.17 Å². The first kappa shape index (κ1) is 14.3. The van der Waals surface area contributed by atoms with E-state index >= 15 is 0 Å². The van der Waals surface area contributed by atoms with E-state index in [2.05, 4.69) is 4.99 Å². The van der Waals surface area contributed by atoms with Crippen LogP contribution >= 0.6 is 11.8 Å². The molecule has 1 aromatic carbocycles. The van der Waals surface area contributed by atoms with E-state index in [0.29, 0.717) is 17.5 Å². The van der Waals surface area contributed by atoms with Gasteiger partial charge in [0.2, 0.25) is 0 Å². The Bertz CT molecular complexity index is 625. The van der Waals surface area contributed by atoms with Gasteiger partial charge in [-0.1, -0.05) is 11.8 Å². The summed E-state index contributed by atoms with van der Waals surface area (Å²) >= 11 is 1.43. The Balaban J connectivity index is 2.17. The fourth-order valence-electron chi connectivity index (χ4n) is 2.89. The highest BCUT2D eigenvalue weighted by molar-refractivity contribution is 8.13. The number of amidine groups is 1. The number of hydrogen-bond acceptors (Lipinski definition) is 6. The summed E-state index contributed by atoms with van der Waals surface area (Å²) in [6.07, 6.45) is 0.728. The smallest absolute Gasteiger partial charge is 0.270 e. The zero-order valence-corrected chi connectivity index (χ0v) is 11.9. The molecule has 0 radical (unpaired) electrons. The molecule has 0 saturated carbocycles. The molecule has 0 bridgehead atoms. The molecular weight excluding hydrogens is 297 g/mol. The van der Waals surface area contributed by atoms with Gasteiger partial charge in [-0.2, -0.15) is 0 Å². The van der Waals surface area contributed by atoms with Gasteiger partial charge in [0.1, 0.15) is 11.4 Å². The van der Waals surface area contributed by atoms with Gasteiger partial charge in [-0.3, -0.25) is 10.1 Å². The second-order valence-electron chi connectivity index (χ2n) is 5.14. The Hall–Kier alpha value is -1.67. The first-order chi connectivity index (χ1) is 10.0. The molecule has 2 unspecified atom stereocenters. The molecule has 6 nitrogen and oxygen atoms in total. The second-order valence-corrected chi connectivity index (χ2v) is 6.19. The highest BCUT2D eigenvalue weighted by atomic mass is 32.2. The molecule has 2 aliphatic heterocycles. The quantitative estimate of drug-likeness (QED) is 0.666. The Kier molecular flexibility index (Phi) is 3.58. The number of aliphatic imine (C=N–C) groups is 1. The van der Waals surface area contributed by atoms with E-state index in [0.717, 1.165) is 18.6 Å². The van der Waals surface area contributed by atoms with Crippen LogP contribution in [0, 0.1) is 21.8 Å².